The Balaban J connectivity index is 5.09. The number of rotatable bonds is 59. The number of esters is 1. The van der Waals surface area contributed by atoms with Gasteiger partial charge in [0.15, 0.2) is 0 Å². The van der Waals surface area contributed by atoms with E-state index in [0.29, 0.717) is 17.4 Å². The summed E-state index contributed by atoms with van der Waals surface area (Å²) in [6.07, 6.45) is 66.9. The third-order valence-corrected chi connectivity index (χ3v) is 15.6. The molecule has 0 bridgehead atoms. The molecule has 0 heterocycles. The fourth-order valence-corrected chi connectivity index (χ4v) is 10.3. The normalized spacial score (nSPS) is 13.9. The number of nitrogens with zero attached hydrogens (tertiary/aromatic N) is 1. The van der Waals surface area contributed by atoms with Gasteiger partial charge in [0.1, 0.15) is 19.3 Å². The van der Waals surface area contributed by atoms with Crippen LogP contribution in [0.3, 0.4) is 0 Å². The summed E-state index contributed by atoms with van der Waals surface area (Å²) in [5.41, 5.74) is 0. The first-order valence-corrected chi connectivity index (χ1v) is 33.8. The molecule has 3 unspecified atom stereocenters. The van der Waals surface area contributed by atoms with Crippen molar-refractivity contribution in [2.45, 2.75) is 328 Å². The zero-order valence-corrected chi connectivity index (χ0v) is 51.4. The van der Waals surface area contributed by atoms with Crippen molar-refractivity contribution in [1.29, 1.82) is 0 Å². The average Bonchev–Trinajstić information content (AvgIpc) is 3.37. The maximum absolute atomic E-state index is 13.5. The Bertz CT molecular complexity index is 1380. The van der Waals surface area contributed by atoms with Gasteiger partial charge in [-0.15, -0.1) is 0 Å². The van der Waals surface area contributed by atoms with Crippen LogP contribution >= 0.6 is 7.82 Å². The van der Waals surface area contributed by atoms with E-state index in [-0.39, 0.29) is 31.5 Å². The summed E-state index contributed by atoms with van der Waals surface area (Å²) in [4.78, 5) is 40.0. The highest BCUT2D eigenvalue weighted by Gasteiger charge is 2.27. The maximum atomic E-state index is 13.5. The second kappa shape index (κ2) is 55.5. The van der Waals surface area contributed by atoms with Crippen molar-refractivity contribution >= 4 is 19.7 Å². The predicted molar refractivity (Wildman–Crippen MR) is 321 cm³/mol. The fraction of sp³-hybridized carbons (Fsp3) is 0.877. The van der Waals surface area contributed by atoms with Crippen LogP contribution in [0, 0.1) is 0 Å². The highest BCUT2D eigenvalue weighted by molar-refractivity contribution is 7.45. The lowest BCUT2D eigenvalue weighted by molar-refractivity contribution is -0.870. The molecule has 0 aliphatic carbocycles. The Morgan fingerprint density at radius 1 is 0.467 bits per heavy atom. The third-order valence-electron chi connectivity index (χ3n) is 14.6. The van der Waals surface area contributed by atoms with Crippen LogP contribution in [0.5, 0.6) is 0 Å². The van der Waals surface area contributed by atoms with Crippen LogP contribution in [-0.4, -0.2) is 69.4 Å². The number of quaternary nitrogens is 1. The maximum Gasteiger partial charge on any atom is 0.306 e. The molecule has 3 atom stereocenters. The average molecular weight is 1080 g/mol. The number of phosphoric acid groups is 1. The number of carbonyl (C=O) groups is 2. The van der Waals surface area contributed by atoms with Crippen molar-refractivity contribution in [2.24, 2.45) is 0 Å². The number of carbonyl (C=O) groups excluding carboxylic acids is 2. The van der Waals surface area contributed by atoms with Crippen molar-refractivity contribution in [3.63, 3.8) is 0 Å². The largest absolute Gasteiger partial charge is 0.756 e. The van der Waals surface area contributed by atoms with Gasteiger partial charge in [-0.25, -0.2) is 0 Å². The lowest BCUT2D eigenvalue weighted by Gasteiger charge is -2.30. The van der Waals surface area contributed by atoms with E-state index in [1.165, 1.54) is 205 Å². The van der Waals surface area contributed by atoms with E-state index in [9.17, 15) is 19.0 Å². The van der Waals surface area contributed by atoms with E-state index < -0.39 is 20.0 Å². The van der Waals surface area contributed by atoms with Crippen molar-refractivity contribution < 1.29 is 37.3 Å². The first kappa shape index (κ1) is 73.2. The molecule has 0 aromatic carbocycles. The van der Waals surface area contributed by atoms with E-state index in [1.54, 1.807) is 0 Å². The highest BCUT2D eigenvalue weighted by atomic mass is 31.2. The topological polar surface area (TPSA) is 114 Å². The van der Waals surface area contributed by atoms with Gasteiger partial charge in [0.2, 0.25) is 5.91 Å². The minimum atomic E-state index is -4.70. The van der Waals surface area contributed by atoms with Crippen LogP contribution < -0.4 is 10.2 Å². The van der Waals surface area contributed by atoms with Crippen LogP contribution in [-0.2, 0) is 27.9 Å². The second-order valence-corrected chi connectivity index (χ2v) is 24.7. The first-order valence-electron chi connectivity index (χ1n) is 32.3. The molecule has 0 aromatic heterocycles. The zero-order chi connectivity index (χ0) is 55.0. The number of likely N-dealkylation sites (N-methyl/N-ethyl adjacent to an activating group) is 1. The van der Waals surface area contributed by atoms with Crippen LogP contribution in [0.2, 0.25) is 0 Å². The van der Waals surface area contributed by atoms with Crippen LogP contribution in [0.15, 0.2) is 36.5 Å². The predicted octanol–water partition coefficient (Wildman–Crippen LogP) is 19.3. The molecule has 10 heteroatoms. The number of unbranched alkanes of at least 4 members (excludes halogenated alkanes) is 40. The number of amides is 1. The van der Waals surface area contributed by atoms with Gasteiger partial charge < -0.3 is 28.5 Å². The van der Waals surface area contributed by atoms with Crippen molar-refractivity contribution in [1.82, 2.24) is 5.32 Å². The molecule has 0 fully saturated rings. The Morgan fingerprint density at radius 3 is 1.20 bits per heavy atom. The Hall–Kier alpha value is -1.77. The number of hydrogen-bond donors (Lipinski definition) is 1. The van der Waals surface area contributed by atoms with Gasteiger partial charge in [-0.1, -0.05) is 282 Å². The molecule has 0 saturated carbocycles. The second-order valence-electron chi connectivity index (χ2n) is 23.3. The highest BCUT2D eigenvalue weighted by Crippen LogP contribution is 2.38. The van der Waals surface area contributed by atoms with Gasteiger partial charge in [-0.05, 0) is 57.4 Å². The minimum Gasteiger partial charge on any atom is -0.756 e. The van der Waals surface area contributed by atoms with Gasteiger partial charge in [-0.2, -0.15) is 0 Å². The summed E-state index contributed by atoms with van der Waals surface area (Å²) in [5, 5.41) is 3.03. The van der Waals surface area contributed by atoms with Gasteiger partial charge in [0, 0.05) is 12.8 Å². The SMILES string of the molecule is CCCCC/C=C/C=C/CCCCCCCCC(=O)OC(/C=C\CCCCCCCCCCC)C(COP(=O)([O-])OCC[N+](C)(C)C)NC(=O)CCCCCCCCCCCCCCCCCCCCCCCCC. The van der Waals surface area contributed by atoms with E-state index in [0.717, 1.165) is 77.0 Å². The van der Waals surface area contributed by atoms with Gasteiger partial charge >= 0.3 is 5.97 Å². The lowest BCUT2D eigenvalue weighted by atomic mass is 10.0. The molecule has 0 rings (SSSR count). The van der Waals surface area contributed by atoms with Gasteiger partial charge in [0.05, 0.1) is 33.8 Å². The summed E-state index contributed by atoms with van der Waals surface area (Å²) in [6, 6.07) is -0.889. The number of phosphoric ester groups is 1. The lowest BCUT2D eigenvalue weighted by Crippen LogP contribution is -2.47. The summed E-state index contributed by atoms with van der Waals surface area (Å²) >= 11 is 0. The zero-order valence-electron chi connectivity index (χ0n) is 50.5. The number of ether oxygens (including phenoxy) is 1. The summed E-state index contributed by atoms with van der Waals surface area (Å²) < 4.78 is 30.3. The monoisotopic (exact) mass is 1080 g/mol. The van der Waals surface area contributed by atoms with E-state index in [2.05, 4.69) is 50.4 Å². The van der Waals surface area contributed by atoms with Crippen LogP contribution in [0.4, 0.5) is 0 Å². The molecular formula is C65H125N2O7P. The Labute approximate surface area is 466 Å². The summed E-state index contributed by atoms with van der Waals surface area (Å²) in [6.45, 7) is 6.84. The summed E-state index contributed by atoms with van der Waals surface area (Å²) in [7, 11) is 1.19. The number of allylic oxidation sites excluding steroid dienone is 5. The molecule has 0 aliphatic heterocycles. The Morgan fingerprint density at radius 2 is 0.800 bits per heavy atom. The molecule has 0 aromatic rings. The van der Waals surface area contributed by atoms with Crippen LogP contribution in [0.25, 0.3) is 0 Å². The van der Waals surface area contributed by atoms with Crippen molar-refractivity contribution in [3.8, 4) is 0 Å². The molecular weight excluding hydrogens is 952 g/mol. The molecule has 1 amide bonds. The van der Waals surface area contributed by atoms with Gasteiger partial charge in [-0.3, -0.25) is 14.2 Å². The van der Waals surface area contributed by atoms with Gasteiger partial charge in [0.25, 0.3) is 7.82 Å². The number of nitrogens with one attached hydrogen (secondary N) is 1. The van der Waals surface area contributed by atoms with E-state index in [4.69, 9.17) is 13.8 Å². The minimum absolute atomic E-state index is 0.0220. The molecule has 0 saturated heterocycles. The van der Waals surface area contributed by atoms with Crippen molar-refractivity contribution in [2.75, 3.05) is 40.9 Å². The van der Waals surface area contributed by atoms with E-state index >= 15 is 0 Å². The smallest absolute Gasteiger partial charge is 0.306 e. The Kier molecular flexibility index (Phi) is 54.2. The molecule has 0 spiro atoms. The molecule has 75 heavy (non-hydrogen) atoms. The van der Waals surface area contributed by atoms with Crippen molar-refractivity contribution in [3.05, 3.63) is 36.5 Å². The molecule has 0 aliphatic rings. The molecule has 442 valence electrons. The number of hydrogen-bond acceptors (Lipinski definition) is 7. The standard InChI is InChI=1S/C65H125N2O7P/c1-7-10-13-16-19-22-25-27-29-30-31-32-33-34-35-36-38-39-42-45-48-51-54-57-64(68)66-62(61-73-75(70,71)72-60-59-67(4,5)6)63(56-53-50-47-44-41-24-21-18-15-12-9-3)74-65(69)58-55-52-49-46-43-40-37-28-26-23-20-17-14-11-8-2/h20,23,26,28,53,56,62-63H,7-19,21-22,24-25,27,29-52,54-55,57-61H2,1-6H3,(H-,66,68,70,71)/b23-20+,28-26+,56-53-. The van der Waals surface area contributed by atoms with E-state index in [1.807, 2.05) is 33.3 Å². The third kappa shape index (κ3) is 56.8. The summed E-state index contributed by atoms with van der Waals surface area (Å²) in [5.74, 6) is -0.541. The first-order chi connectivity index (χ1) is 36.4. The quantitative estimate of drug-likeness (QED) is 0.0161. The molecule has 0 radical (unpaired) electrons. The fourth-order valence-electron chi connectivity index (χ4n) is 9.57. The van der Waals surface area contributed by atoms with Crippen LogP contribution in [0.1, 0.15) is 316 Å². The molecule has 9 nitrogen and oxygen atoms in total. The molecule has 1 N–H and O–H groups in total.